The number of carbonyl (C=O) groups is 2. The summed E-state index contributed by atoms with van der Waals surface area (Å²) in [7, 11) is 0. The number of ether oxygens (including phenoxy) is 1. The van der Waals surface area contributed by atoms with E-state index in [1.54, 1.807) is 12.3 Å². The Morgan fingerprint density at radius 1 is 1.67 bits per heavy atom. The topological polar surface area (TPSA) is 103 Å². The molecule has 0 fully saturated rings. The Labute approximate surface area is 113 Å². The highest BCUT2D eigenvalue weighted by molar-refractivity contribution is 7.98. The summed E-state index contributed by atoms with van der Waals surface area (Å²) in [6.45, 7) is 2.05. The van der Waals surface area contributed by atoms with Crippen LogP contribution in [0.4, 0.5) is 0 Å². The van der Waals surface area contributed by atoms with Crippen molar-refractivity contribution in [3.8, 4) is 0 Å². The van der Waals surface area contributed by atoms with Crippen LogP contribution in [0, 0.1) is 0 Å². The number of aliphatic carboxylic acids is 1. The lowest BCUT2D eigenvalue weighted by molar-refractivity contribution is -0.137. The number of nitrogens with two attached hydrogens (primary N) is 1. The second-order valence-electron chi connectivity index (χ2n) is 3.32. The average Bonchev–Trinajstić information content (AvgIpc) is 2.78. The Balaban J connectivity index is 2.40. The Morgan fingerprint density at radius 2 is 2.39 bits per heavy atom. The van der Waals surface area contributed by atoms with Crippen molar-refractivity contribution in [1.29, 1.82) is 0 Å². The lowest BCUT2D eigenvalue weighted by Crippen LogP contribution is -2.32. The summed E-state index contributed by atoms with van der Waals surface area (Å²) in [6, 6.07) is -0.877. The predicted molar refractivity (Wildman–Crippen MR) is 69.8 cm³/mol. The molecule has 0 saturated carbocycles. The lowest BCUT2D eigenvalue weighted by atomic mass is 10.4. The lowest BCUT2D eigenvalue weighted by Gasteiger charge is -2.04. The zero-order valence-corrected chi connectivity index (χ0v) is 11.4. The summed E-state index contributed by atoms with van der Waals surface area (Å²) < 4.78 is 4.82. The second-order valence-corrected chi connectivity index (χ2v) is 5.21. The van der Waals surface area contributed by atoms with Gasteiger partial charge in [0.15, 0.2) is 0 Å². The van der Waals surface area contributed by atoms with E-state index in [4.69, 9.17) is 15.6 Å². The number of thioether (sulfide) groups is 1. The number of aromatic nitrogens is 1. The molecule has 0 radical (unpaired) electrons. The van der Waals surface area contributed by atoms with E-state index in [1.807, 2.05) is 0 Å². The van der Waals surface area contributed by atoms with Gasteiger partial charge in [0.05, 0.1) is 12.3 Å². The van der Waals surface area contributed by atoms with E-state index in [0.717, 1.165) is 5.69 Å². The van der Waals surface area contributed by atoms with E-state index in [2.05, 4.69) is 4.98 Å². The first kappa shape index (κ1) is 14.9. The summed E-state index contributed by atoms with van der Waals surface area (Å²) >= 11 is 2.58. The van der Waals surface area contributed by atoms with Crippen LogP contribution in [0.3, 0.4) is 0 Å². The minimum absolute atomic E-state index is 0.307. The van der Waals surface area contributed by atoms with Crippen molar-refractivity contribution in [2.75, 3.05) is 12.4 Å². The minimum Gasteiger partial charge on any atom is -0.480 e. The van der Waals surface area contributed by atoms with Crippen molar-refractivity contribution in [2.24, 2.45) is 5.73 Å². The van der Waals surface area contributed by atoms with Crippen LogP contribution in [-0.2, 0) is 15.3 Å². The van der Waals surface area contributed by atoms with Gasteiger partial charge in [0.25, 0.3) is 0 Å². The van der Waals surface area contributed by atoms with Crippen molar-refractivity contribution >= 4 is 35.0 Å². The van der Waals surface area contributed by atoms with Crippen LogP contribution in [-0.4, -0.2) is 40.4 Å². The van der Waals surface area contributed by atoms with Crippen molar-refractivity contribution in [3.05, 3.63) is 16.1 Å². The van der Waals surface area contributed by atoms with Gasteiger partial charge in [0.2, 0.25) is 5.01 Å². The third-order valence-corrected chi connectivity index (χ3v) is 3.83. The summed E-state index contributed by atoms with van der Waals surface area (Å²) in [5, 5.41) is 10.7. The Hall–Kier alpha value is -1.12. The summed E-state index contributed by atoms with van der Waals surface area (Å²) in [5.41, 5.74) is 6.09. The molecule has 0 saturated heterocycles. The number of rotatable bonds is 7. The minimum atomic E-state index is -1.02. The third-order valence-electron chi connectivity index (χ3n) is 1.87. The first-order chi connectivity index (χ1) is 8.54. The van der Waals surface area contributed by atoms with Gasteiger partial charge in [0.1, 0.15) is 6.04 Å². The van der Waals surface area contributed by atoms with Crippen LogP contribution in [0.1, 0.15) is 22.4 Å². The van der Waals surface area contributed by atoms with Crippen LogP contribution in [0.5, 0.6) is 0 Å². The smallest absolute Gasteiger partial charge is 0.367 e. The fourth-order valence-electron chi connectivity index (χ4n) is 1.02. The number of nitrogens with zero attached hydrogens (tertiary/aromatic N) is 1. The van der Waals surface area contributed by atoms with Gasteiger partial charge in [-0.15, -0.1) is 11.3 Å². The standard InChI is InChI=1S/C10H14N2O4S2/c1-2-16-10(15)8-12-6(4-18-8)3-17-5-7(11)9(13)14/h4,7H,2-3,5,11H2,1H3,(H,13,14)/t7-/m1/s1. The molecule has 8 heteroatoms. The van der Waals surface area contributed by atoms with Gasteiger partial charge >= 0.3 is 11.9 Å². The first-order valence-corrected chi connectivity index (χ1v) is 7.25. The highest BCUT2D eigenvalue weighted by atomic mass is 32.2. The average molecular weight is 290 g/mol. The highest BCUT2D eigenvalue weighted by Crippen LogP contribution is 2.17. The molecule has 0 bridgehead atoms. The normalized spacial score (nSPS) is 12.1. The number of carboxylic acid groups (broad SMARTS) is 1. The molecule has 0 unspecified atom stereocenters. The van der Waals surface area contributed by atoms with Gasteiger partial charge in [-0.3, -0.25) is 4.79 Å². The Bertz CT molecular complexity index is 422. The van der Waals surface area contributed by atoms with Gasteiger partial charge in [-0.1, -0.05) is 0 Å². The zero-order chi connectivity index (χ0) is 13.5. The maximum absolute atomic E-state index is 11.4. The van der Waals surface area contributed by atoms with E-state index in [9.17, 15) is 9.59 Å². The molecule has 0 aromatic carbocycles. The first-order valence-electron chi connectivity index (χ1n) is 5.22. The van der Waals surface area contributed by atoms with E-state index in [-0.39, 0.29) is 0 Å². The van der Waals surface area contributed by atoms with Crippen molar-refractivity contribution in [2.45, 2.75) is 18.7 Å². The summed E-state index contributed by atoms with van der Waals surface area (Å²) in [6.07, 6.45) is 0. The number of carbonyl (C=O) groups excluding carboxylic acids is 1. The zero-order valence-electron chi connectivity index (χ0n) is 9.79. The van der Waals surface area contributed by atoms with Crippen LogP contribution in [0.25, 0.3) is 0 Å². The fraction of sp³-hybridized carbons (Fsp3) is 0.500. The molecule has 1 aromatic heterocycles. The molecule has 1 atom stereocenters. The number of thiazole rings is 1. The maximum atomic E-state index is 11.4. The molecule has 18 heavy (non-hydrogen) atoms. The van der Waals surface area contributed by atoms with Gasteiger partial charge in [0, 0.05) is 16.9 Å². The molecular weight excluding hydrogens is 276 g/mol. The molecule has 0 amide bonds. The molecule has 1 heterocycles. The largest absolute Gasteiger partial charge is 0.480 e. The van der Waals surface area contributed by atoms with E-state index >= 15 is 0 Å². The Morgan fingerprint density at radius 3 is 3.00 bits per heavy atom. The third kappa shape index (κ3) is 4.63. The molecule has 1 rings (SSSR count). The highest BCUT2D eigenvalue weighted by Gasteiger charge is 2.14. The fourth-order valence-corrected chi connectivity index (χ4v) is 2.71. The number of hydrogen-bond donors (Lipinski definition) is 2. The molecular formula is C10H14N2O4S2. The molecule has 0 aliphatic carbocycles. The SMILES string of the molecule is CCOC(=O)c1nc(CSC[C@@H](N)C(=O)O)cs1. The van der Waals surface area contributed by atoms with Crippen molar-refractivity contribution in [1.82, 2.24) is 4.98 Å². The monoisotopic (exact) mass is 290 g/mol. The molecule has 100 valence electrons. The molecule has 3 N–H and O–H groups in total. The van der Waals surface area contributed by atoms with Gasteiger partial charge in [-0.05, 0) is 6.92 Å². The Kier molecular flexibility index (Phi) is 6.10. The number of hydrogen-bond acceptors (Lipinski definition) is 7. The molecule has 0 aliphatic rings. The predicted octanol–water partition coefficient (Wildman–Crippen LogP) is 0.965. The van der Waals surface area contributed by atoms with Crippen molar-refractivity contribution < 1.29 is 19.4 Å². The van der Waals surface area contributed by atoms with Gasteiger partial charge in [-0.2, -0.15) is 11.8 Å². The molecule has 1 aromatic rings. The summed E-state index contributed by atoms with van der Waals surface area (Å²) in [4.78, 5) is 25.9. The number of carboxylic acids is 1. The molecule has 6 nitrogen and oxygen atoms in total. The summed E-state index contributed by atoms with van der Waals surface area (Å²) in [5.74, 6) is -0.618. The molecule has 0 aliphatic heterocycles. The van der Waals surface area contributed by atoms with Crippen LogP contribution in [0.15, 0.2) is 5.38 Å². The quantitative estimate of drug-likeness (QED) is 0.721. The van der Waals surface area contributed by atoms with E-state index in [0.29, 0.717) is 23.1 Å². The molecule has 0 spiro atoms. The van der Waals surface area contributed by atoms with Crippen LogP contribution in [0.2, 0.25) is 0 Å². The van der Waals surface area contributed by atoms with E-state index in [1.165, 1.54) is 23.1 Å². The van der Waals surface area contributed by atoms with Gasteiger partial charge < -0.3 is 15.6 Å². The number of esters is 1. The maximum Gasteiger partial charge on any atom is 0.367 e. The van der Waals surface area contributed by atoms with E-state index < -0.39 is 18.0 Å². The van der Waals surface area contributed by atoms with Gasteiger partial charge in [-0.25, -0.2) is 9.78 Å². The van der Waals surface area contributed by atoms with Crippen molar-refractivity contribution in [3.63, 3.8) is 0 Å². The second kappa shape index (κ2) is 7.34. The van der Waals surface area contributed by atoms with Crippen LogP contribution < -0.4 is 5.73 Å². The van der Waals surface area contributed by atoms with Crippen LogP contribution >= 0.6 is 23.1 Å².